The van der Waals surface area contributed by atoms with E-state index in [0.717, 1.165) is 29.7 Å². The first-order valence-electron chi connectivity index (χ1n) is 5.98. The van der Waals surface area contributed by atoms with Crippen LogP contribution in [0, 0.1) is 6.92 Å². The Morgan fingerprint density at radius 2 is 2.24 bits per heavy atom. The van der Waals surface area contributed by atoms with E-state index in [1.54, 1.807) is 0 Å². The first-order valence-corrected chi connectivity index (χ1v) is 6.78. The fourth-order valence-corrected chi connectivity index (χ4v) is 2.59. The number of hydrogen-bond donors (Lipinski definition) is 1. The molecule has 0 amide bonds. The quantitative estimate of drug-likeness (QED) is 0.918. The molecule has 0 aliphatic carbocycles. The number of halogens is 1. The van der Waals surface area contributed by atoms with E-state index in [0.29, 0.717) is 0 Å². The Balaban J connectivity index is 2.34. The maximum atomic E-state index is 5.76. The summed E-state index contributed by atoms with van der Waals surface area (Å²) in [5, 5.41) is 3.33. The second kappa shape index (κ2) is 5.69. The zero-order valence-electron chi connectivity index (χ0n) is 10.3. The van der Waals surface area contributed by atoms with E-state index in [2.05, 4.69) is 52.4 Å². The minimum atomic E-state index is 0.143. The SMILES string of the molecule is CNC(C1=CCCCO1)c1cc(C)ccc1Br. The van der Waals surface area contributed by atoms with Crippen LogP contribution in [-0.4, -0.2) is 13.7 Å². The van der Waals surface area contributed by atoms with Crippen LogP contribution in [0.3, 0.4) is 0 Å². The molecule has 0 saturated heterocycles. The van der Waals surface area contributed by atoms with Crippen molar-refractivity contribution in [2.75, 3.05) is 13.7 Å². The van der Waals surface area contributed by atoms with Crippen LogP contribution in [0.2, 0.25) is 0 Å². The molecule has 0 saturated carbocycles. The maximum absolute atomic E-state index is 5.76. The van der Waals surface area contributed by atoms with Crippen LogP contribution in [0.4, 0.5) is 0 Å². The fraction of sp³-hybridized carbons (Fsp3) is 0.429. The van der Waals surface area contributed by atoms with Gasteiger partial charge in [-0.2, -0.15) is 0 Å². The Morgan fingerprint density at radius 3 is 2.88 bits per heavy atom. The molecule has 1 aliphatic heterocycles. The molecule has 1 atom stereocenters. The summed E-state index contributed by atoms with van der Waals surface area (Å²) in [5.74, 6) is 1.05. The molecule has 1 aliphatic rings. The lowest BCUT2D eigenvalue weighted by molar-refractivity contribution is 0.169. The Kier molecular flexibility index (Phi) is 4.24. The van der Waals surface area contributed by atoms with E-state index < -0.39 is 0 Å². The molecule has 1 heterocycles. The van der Waals surface area contributed by atoms with Gasteiger partial charge in [-0.25, -0.2) is 0 Å². The van der Waals surface area contributed by atoms with Crippen molar-refractivity contribution in [1.82, 2.24) is 5.32 Å². The molecule has 17 heavy (non-hydrogen) atoms. The largest absolute Gasteiger partial charge is 0.496 e. The van der Waals surface area contributed by atoms with Gasteiger partial charge in [-0.15, -0.1) is 0 Å². The Morgan fingerprint density at radius 1 is 1.41 bits per heavy atom. The lowest BCUT2D eigenvalue weighted by Crippen LogP contribution is -2.22. The average Bonchev–Trinajstić information content (AvgIpc) is 2.36. The summed E-state index contributed by atoms with van der Waals surface area (Å²) in [6.45, 7) is 2.94. The molecule has 1 aromatic rings. The van der Waals surface area contributed by atoms with Gasteiger partial charge in [0, 0.05) is 4.47 Å². The van der Waals surface area contributed by atoms with Crippen LogP contribution in [-0.2, 0) is 4.74 Å². The van der Waals surface area contributed by atoms with Crippen LogP contribution < -0.4 is 5.32 Å². The Labute approximate surface area is 111 Å². The highest BCUT2D eigenvalue weighted by Gasteiger charge is 2.20. The molecule has 92 valence electrons. The molecule has 0 fully saturated rings. The summed E-state index contributed by atoms with van der Waals surface area (Å²) in [6.07, 6.45) is 4.42. The number of allylic oxidation sites excluding steroid dienone is 1. The molecule has 2 nitrogen and oxygen atoms in total. The Bertz CT molecular complexity index is 428. The third-order valence-corrected chi connectivity index (χ3v) is 3.72. The number of likely N-dealkylation sites (N-methyl/N-ethyl adjacent to an activating group) is 1. The normalized spacial score (nSPS) is 17.2. The van der Waals surface area contributed by atoms with Crippen LogP contribution in [0.5, 0.6) is 0 Å². The number of rotatable bonds is 3. The lowest BCUT2D eigenvalue weighted by atomic mass is 10.0. The topological polar surface area (TPSA) is 21.3 Å². The van der Waals surface area contributed by atoms with Crippen molar-refractivity contribution in [2.24, 2.45) is 0 Å². The van der Waals surface area contributed by atoms with Crippen molar-refractivity contribution in [1.29, 1.82) is 0 Å². The van der Waals surface area contributed by atoms with Gasteiger partial charge in [0.1, 0.15) is 5.76 Å². The van der Waals surface area contributed by atoms with Crippen LogP contribution >= 0.6 is 15.9 Å². The highest BCUT2D eigenvalue weighted by molar-refractivity contribution is 9.10. The van der Waals surface area contributed by atoms with E-state index in [9.17, 15) is 0 Å². The smallest absolute Gasteiger partial charge is 0.113 e. The number of benzene rings is 1. The summed E-state index contributed by atoms with van der Waals surface area (Å²) < 4.78 is 6.88. The zero-order chi connectivity index (χ0) is 12.3. The van der Waals surface area contributed by atoms with Gasteiger partial charge < -0.3 is 10.1 Å². The standard InChI is InChI=1S/C14H18BrNO/c1-10-6-7-12(15)11(9-10)14(16-2)13-5-3-4-8-17-13/h5-7,9,14,16H,3-4,8H2,1-2H3. The summed E-state index contributed by atoms with van der Waals surface area (Å²) in [4.78, 5) is 0. The van der Waals surface area contributed by atoms with Gasteiger partial charge in [-0.05, 0) is 44.5 Å². The predicted octanol–water partition coefficient (Wildman–Crippen LogP) is 3.71. The van der Waals surface area contributed by atoms with E-state index in [-0.39, 0.29) is 6.04 Å². The number of ether oxygens (including phenoxy) is 1. The fourth-order valence-electron chi connectivity index (χ4n) is 2.11. The van der Waals surface area contributed by atoms with Gasteiger partial charge >= 0.3 is 0 Å². The van der Waals surface area contributed by atoms with Crippen molar-refractivity contribution < 1.29 is 4.74 Å². The van der Waals surface area contributed by atoms with Crippen molar-refractivity contribution in [3.63, 3.8) is 0 Å². The first-order chi connectivity index (χ1) is 8.22. The van der Waals surface area contributed by atoms with Crippen molar-refractivity contribution in [3.05, 3.63) is 45.6 Å². The van der Waals surface area contributed by atoms with Gasteiger partial charge in [0.25, 0.3) is 0 Å². The predicted molar refractivity (Wildman–Crippen MR) is 73.9 cm³/mol. The molecule has 0 bridgehead atoms. The third kappa shape index (κ3) is 2.90. The first kappa shape index (κ1) is 12.7. The van der Waals surface area contributed by atoms with Gasteiger partial charge in [0.15, 0.2) is 0 Å². The van der Waals surface area contributed by atoms with Gasteiger partial charge in [-0.1, -0.05) is 33.6 Å². The summed E-state index contributed by atoms with van der Waals surface area (Å²) >= 11 is 3.62. The van der Waals surface area contributed by atoms with Crippen LogP contribution in [0.1, 0.15) is 30.0 Å². The van der Waals surface area contributed by atoms with Gasteiger partial charge in [-0.3, -0.25) is 0 Å². The summed E-state index contributed by atoms with van der Waals surface area (Å²) in [7, 11) is 1.97. The monoisotopic (exact) mass is 295 g/mol. The minimum Gasteiger partial charge on any atom is -0.496 e. The van der Waals surface area contributed by atoms with Crippen molar-refractivity contribution >= 4 is 15.9 Å². The highest BCUT2D eigenvalue weighted by atomic mass is 79.9. The maximum Gasteiger partial charge on any atom is 0.113 e. The molecule has 2 rings (SSSR count). The van der Waals surface area contributed by atoms with Crippen LogP contribution in [0.25, 0.3) is 0 Å². The molecule has 0 spiro atoms. The van der Waals surface area contributed by atoms with Crippen LogP contribution in [0.15, 0.2) is 34.5 Å². The van der Waals surface area contributed by atoms with Gasteiger partial charge in [0.2, 0.25) is 0 Å². The van der Waals surface area contributed by atoms with E-state index in [1.807, 2.05) is 7.05 Å². The minimum absolute atomic E-state index is 0.143. The lowest BCUT2D eigenvalue weighted by Gasteiger charge is -2.24. The molecule has 1 N–H and O–H groups in total. The third-order valence-electron chi connectivity index (χ3n) is 3.00. The second-order valence-electron chi connectivity index (χ2n) is 4.34. The molecule has 1 aromatic carbocycles. The van der Waals surface area contributed by atoms with E-state index >= 15 is 0 Å². The van der Waals surface area contributed by atoms with Crippen molar-refractivity contribution in [2.45, 2.75) is 25.8 Å². The highest BCUT2D eigenvalue weighted by Crippen LogP contribution is 2.31. The average molecular weight is 296 g/mol. The molecular formula is C14H18BrNO. The second-order valence-corrected chi connectivity index (χ2v) is 5.20. The summed E-state index contributed by atoms with van der Waals surface area (Å²) in [5.41, 5.74) is 2.50. The number of hydrogen-bond acceptors (Lipinski definition) is 2. The number of nitrogens with one attached hydrogen (secondary N) is 1. The molecule has 0 radical (unpaired) electrons. The molecular weight excluding hydrogens is 278 g/mol. The van der Waals surface area contributed by atoms with Gasteiger partial charge in [0.05, 0.1) is 12.6 Å². The van der Waals surface area contributed by atoms with Crippen molar-refractivity contribution in [3.8, 4) is 0 Å². The van der Waals surface area contributed by atoms with E-state index in [4.69, 9.17) is 4.74 Å². The zero-order valence-corrected chi connectivity index (χ0v) is 11.9. The Hall–Kier alpha value is -0.800. The molecule has 1 unspecified atom stereocenters. The number of aryl methyl sites for hydroxylation is 1. The van der Waals surface area contributed by atoms with E-state index in [1.165, 1.54) is 11.1 Å². The molecule has 0 aromatic heterocycles. The molecule has 3 heteroatoms. The summed E-state index contributed by atoms with van der Waals surface area (Å²) in [6, 6.07) is 6.54.